The van der Waals surface area contributed by atoms with Gasteiger partial charge in [-0.25, -0.2) is 19.9 Å². The lowest BCUT2D eigenvalue weighted by Gasteiger charge is -2.32. The van der Waals surface area contributed by atoms with Crippen LogP contribution in [0.15, 0.2) is 31.0 Å². The van der Waals surface area contributed by atoms with Gasteiger partial charge in [-0.2, -0.15) is 0 Å². The number of carbonyl (C=O) groups excluding carboxylic acids is 1. The quantitative estimate of drug-likeness (QED) is 0.496. The van der Waals surface area contributed by atoms with Crippen LogP contribution in [0.3, 0.4) is 0 Å². The van der Waals surface area contributed by atoms with E-state index in [4.69, 9.17) is 0 Å². The number of amides is 1. The number of carbonyl (C=O) groups is 1. The van der Waals surface area contributed by atoms with Crippen LogP contribution in [0.4, 0.5) is 16.0 Å². The zero-order valence-corrected chi connectivity index (χ0v) is 16.4. The van der Waals surface area contributed by atoms with E-state index in [1.165, 1.54) is 6.33 Å². The van der Waals surface area contributed by atoms with Crippen LogP contribution in [0.25, 0.3) is 5.82 Å². The molecule has 0 unspecified atom stereocenters. The van der Waals surface area contributed by atoms with Gasteiger partial charge >= 0.3 is 5.00 Å². The highest BCUT2D eigenvalue weighted by Gasteiger charge is 2.27. The van der Waals surface area contributed by atoms with Gasteiger partial charge in [-0.15, -0.1) is 0 Å². The fraction of sp³-hybridized carbons (Fsp3) is 0.353. The van der Waals surface area contributed by atoms with E-state index in [0.29, 0.717) is 25.9 Å². The monoisotopic (exact) mass is 414 g/mol. The van der Waals surface area contributed by atoms with Gasteiger partial charge in [0.15, 0.2) is 5.13 Å². The molecule has 3 aromatic heterocycles. The standard InChI is InChI=1S/C17H18N8O3S/c1-11-18-4-7-24(11)14-8-13(20-10-21-14)23-5-2-12(3-6-23)16(26)22-17-19-9-15(29-17)25(27)28/h4,7-10,12H,2-3,5-6H2,1H3,(H,19,22,26). The summed E-state index contributed by atoms with van der Waals surface area (Å²) in [7, 11) is 0. The highest BCUT2D eigenvalue weighted by atomic mass is 32.1. The maximum atomic E-state index is 12.5. The molecule has 1 aliphatic heterocycles. The van der Waals surface area contributed by atoms with Crippen molar-refractivity contribution in [2.45, 2.75) is 19.8 Å². The highest BCUT2D eigenvalue weighted by Crippen LogP contribution is 2.27. The Hall–Kier alpha value is -3.41. The smallest absolute Gasteiger partial charge is 0.345 e. The van der Waals surface area contributed by atoms with Crippen molar-refractivity contribution in [1.29, 1.82) is 0 Å². The molecular formula is C17H18N8O3S. The Balaban J connectivity index is 1.37. The van der Waals surface area contributed by atoms with Crippen LogP contribution in [0.2, 0.25) is 0 Å². The van der Waals surface area contributed by atoms with Crippen molar-refractivity contribution in [2.75, 3.05) is 23.3 Å². The van der Waals surface area contributed by atoms with Crippen LogP contribution in [-0.2, 0) is 4.79 Å². The van der Waals surface area contributed by atoms with Crippen LogP contribution in [0.5, 0.6) is 0 Å². The number of nitrogens with zero attached hydrogens (tertiary/aromatic N) is 7. The topological polar surface area (TPSA) is 132 Å². The third kappa shape index (κ3) is 4.06. The van der Waals surface area contributed by atoms with Crippen molar-refractivity contribution in [2.24, 2.45) is 5.92 Å². The van der Waals surface area contributed by atoms with E-state index >= 15 is 0 Å². The molecule has 4 rings (SSSR count). The van der Waals surface area contributed by atoms with E-state index in [2.05, 4.69) is 30.2 Å². The summed E-state index contributed by atoms with van der Waals surface area (Å²) in [4.78, 5) is 41.6. The molecule has 0 radical (unpaired) electrons. The summed E-state index contributed by atoms with van der Waals surface area (Å²) in [6, 6.07) is 1.91. The van der Waals surface area contributed by atoms with E-state index in [9.17, 15) is 14.9 Å². The lowest BCUT2D eigenvalue weighted by Crippen LogP contribution is -2.38. The number of hydrogen-bond donors (Lipinski definition) is 1. The number of rotatable bonds is 5. The molecule has 4 heterocycles. The number of aryl methyl sites for hydroxylation is 1. The van der Waals surface area contributed by atoms with Gasteiger partial charge in [-0.3, -0.25) is 19.5 Å². The Bertz CT molecular complexity index is 1040. The molecule has 11 nitrogen and oxygen atoms in total. The summed E-state index contributed by atoms with van der Waals surface area (Å²) in [5.74, 6) is 2.05. The maximum absolute atomic E-state index is 12.5. The molecule has 0 spiro atoms. The minimum absolute atomic E-state index is 0.0946. The van der Waals surface area contributed by atoms with Crippen molar-refractivity contribution >= 4 is 33.2 Å². The van der Waals surface area contributed by atoms with Crippen molar-refractivity contribution in [3.05, 3.63) is 46.9 Å². The van der Waals surface area contributed by atoms with Gasteiger partial charge < -0.3 is 10.2 Å². The molecule has 0 bridgehead atoms. The number of aromatic nitrogens is 5. The van der Waals surface area contributed by atoms with Gasteiger partial charge in [-0.1, -0.05) is 0 Å². The number of piperidine rings is 1. The summed E-state index contributed by atoms with van der Waals surface area (Å²) in [6.45, 7) is 3.26. The predicted molar refractivity (Wildman–Crippen MR) is 106 cm³/mol. The molecule has 1 aliphatic rings. The predicted octanol–water partition coefficient (Wildman–Crippen LogP) is 2.19. The molecule has 3 aromatic rings. The molecule has 0 aromatic carbocycles. The summed E-state index contributed by atoms with van der Waals surface area (Å²) >= 11 is 0.855. The van der Waals surface area contributed by atoms with Gasteiger partial charge in [0.1, 0.15) is 30.0 Å². The Morgan fingerprint density at radius 3 is 2.66 bits per heavy atom. The first-order chi connectivity index (χ1) is 14.0. The fourth-order valence-corrected chi connectivity index (χ4v) is 3.88. The van der Waals surface area contributed by atoms with Crippen LogP contribution in [0.1, 0.15) is 18.7 Å². The average Bonchev–Trinajstić information content (AvgIpc) is 3.37. The van der Waals surface area contributed by atoms with Crippen molar-refractivity contribution in [1.82, 2.24) is 24.5 Å². The first-order valence-corrected chi connectivity index (χ1v) is 9.81. The van der Waals surface area contributed by atoms with E-state index in [1.807, 2.05) is 23.8 Å². The molecule has 1 fully saturated rings. The number of nitrogens with one attached hydrogen (secondary N) is 1. The third-order valence-electron chi connectivity index (χ3n) is 4.80. The van der Waals surface area contributed by atoms with Gasteiger partial charge in [0.25, 0.3) is 0 Å². The molecule has 0 atom stereocenters. The molecular weight excluding hydrogens is 396 g/mol. The molecule has 0 aliphatic carbocycles. The molecule has 0 saturated carbocycles. The largest absolute Gasteiger partial charge is 0.356 e. The Morgan fingerprint density at radius 1 is 1.24 bits per heavy atom. The number of hydrogen-bond acceptors (Lipinski definition) is 9. The summed E-state index contributed by atoms with van der Waals surface area (Å²) in [6.07, 6.45) is 7.56. The summed E-state index contributed by atoms with van der Waals surface area (Å²) < 4.78 is 1.89. The average molecular weight is 414 g/mol. The number of imidazole rings is 1. The fourth-order valence-electron chi connectivity index (χ4n) is 3.25. The van der Waals surface area contributed by atoms with Crippen LogP contribution in [0, 0.1) is 23.0 Å². The van der Waals surface area contributed by atoms with Crippen LogP contribution in [-0.4, -0.2) is 48.4 Å². The summed E-state index contributed by atoms with van der Waals surface area (Å²) in [5.41, 5.74) is 0. The zero-order chi connectivity index (χ0) is 20.4. The SMILES string of the molecule is Cc1nccn1-c1cc(N2CCC(C(=O)Nc3ncc([N+](=O)[O-])s3)CC2)ncn1. The van der Waals surface area contributed by atoms with Crippen molar-refractivity contribution in [3.63, 3.8) is 0 Å². The molecule has 1 saturated heterocycles. The maximum Gasteiger partial charge on any atom is 0.345 e. The van der Waals surface area contributed by atoms with Crippen molar-refractivity contribution < 1.29 is 9.72 Å². The van der Waals surface area contributed by atoms with E-state index < -0.39 is 4.92 Å². The van der Waals surface area contributed by atoms with Gasteiger partial charge in [0.2, 0.25) is 5.91 Å². The van der Waals surface area contributed by atoms with Gasteiger partial charge in [-0.05, 0) is 31.1 Å². The minimum Gasteiger partial charge on any atom is -0.356 e. The van der Waals surface area contributed by atoms with Crippen LogP contribution < -0.4 is 10.2 Å². The number of nitro groups is 1. The van der Waals surface area contributed by atoms with Crippen molar-refractivity contribution in [3.8, 4) is 5.82 Å². The Labute approximate surface area is 169 Å². The van der Waals surface area contributed by atoms with Gasteiger partial charge in [0, 0.05) is 37.5 Å². The van der Waals surface area contributed by atoms with Gasteiger partial charge in [0.05, 0.1) is 4.92 Å². The van der Waals surface area contributed by atoms with Crippen LogP contribution >= 0.6 is 11.3 Å². The van der Waals surface area contributed by atoms with E-state index in [0.717, 1.165) is 35.0 Å². The second kappa shape index (κ2) is 7.91. The second-order valence-corrected chi connectivity index (χ2v) is 7.60. The van der Waals surface area contributed by atoms with E-state index in [1.54, 1.807) is 6.20 Å². The Kier molecular flexibility index (Phi) is 5.16. The second-order valence-electron chi connectivity index (χ2n) is 6.59. The number of anilines is 2. The highest BCUT2D eigenvalue weighted by molar-refractivity contribution is 7.18. The molecule has 150 valence electrons. The minimum atomic E-state index is -0.521. The third-order valence-corrected chi connectivity index (χ3v) is 5.67. The first kappa shape index (κ1) is 18.9. The Morgan fingerprint density at radius 2 is 2.00 bits per heavy atom. The lowest BCUT2D eigenvalue weighted by atomic mass is 9.96. The molecule has 12 heteroatoms. The molecule has 29 heavy (non-hydrogen) atoms. The summed E-state index contributed by atoms with van der Waals surface area (Å²) in [5, 5.41) is 13.6. The van der Waals surface area contributed by atoms with E-state index in [-0.39, 0.29) is 22.0 Å². The molecule has 1 N–H and O–H groups in total. The normalized spacial score (nSPS) is 14.7. The lowest BCUT2D eigenvalue weighted by molar-refractivity contribution is -0.380. The zero-order valence-electron chi connectivity index (χ0n) is 15.6. The number of thiazole rings is 1. The molecule has 1 amide bonds. The first-order valence-electron chi connectivity index (χ1n) is 8.99.